The highest BCUT2D eigenvalue weighted by Crippen LogP contribution is 2.23. The fourth-order valence-electron chi connectivity index (χ4n) is 2.34. The Hall–Kier alpha value is -0.840. The molecule has 0 aromatic carbocycles. The van der Waals surface area contributed by atoms with Crippen LogP contribution in [0.1, 0.15) is 18.5 Å². The highest BCUT2D eigenvalue weighted by molar-refractivity contribution is 6.32. The molecule has 0 N–H and O–H groups in total. The van der Waals surface area contributed by atoms with Gasteiger partial charge in [-0.1, -0.05) is 23.2 Å². The van der Waals surface area contributed by atoms with E-state index in [2.05, 4.69) is 9.88 Å². The Balaban J connectivity index is 2.02. The lowest BCUT2D eigenvalue weighted by atomic mass is 9.98. The highest BCUT2D eigenvalue weighted by Gasteiger charge is 2.26. The molecule has 2 heterocycles. The van der Waals surface area contributed by atoms with E-state index >= 15 is 0 Å². The van der Waals surface area contributed by atoms with E-state index in [1.165, 1.54) is 7.11 Å². The molecule has 1 aliphatic heterocycles. The van der Waals surface area contributed by atoms with Crippen LogP contribution in [0.25, 0.3) is 0 Å². The minimum atomic E-state index is -0.144. The number of hydrogen-bond donors (Lipinski definition) is 0. The van der Waals surface area contributed by atoms with Crippen molar-refractivity contribution in [2.75, 3.05) is 20.2 Å². The quantitative estimate of drug-likeness (QED) is 0.636. The van der Waals surface area contributed by atoms with Gasteiger partial charge in [0.15, 0.2) is 0 Å². The number of ether oxygens (including phenoxy) is 1. The molecule has 0 saturated carbocycles. The first-order valence-corrected chi connectivity index (χ1v) is 6.97. The maximum absolute atomic E-state index is 11.6. The van der Waals surface area contributed by atoms with Gasteiger partial charge in [0.25, 0.3) is 0 Å². The van der Waals surface area contributed by atoms with Crippen LogP contribution in [0.5, 0.6) is 0 Å². The first-order chi connectivity index (χ1) is 9.10. The van der Waals surface area contributed by atoms with Crippen LogP contribution >= 0.6 is 23.2 Å². The third kappa shape index (κ3) is 3.81. The van der Waals surface area contributed by atoms with E-state index in [1.807, 2.05) is 0 Å². The second-order valence-corrected chi connectivity index (χ2v) is 5.45. The topological polar surface area (TPSA) is 42.4 Å². The summed E-state index contributed by atoms with van der Waals surface area (Å²) >= 11 is 12.0. The van der Waals surface area contributed by atoms with Crippen molar-refractivity contribution in [2.45, 2.75) is 19.4 Å². The summed E-state index contributed by atoms with van der Waals surface area (Å²) in [6, 6.07) is 3.41. The van der Waals surface area contributed by atoms with Gasteiger partial charge in [0.05, 0.1) is 23.7 Å². The molecule has 1 aromatic rings. The van der Waals surface area contributed by atoms with Crippen LogP contribution < -0.4 is 0 Å². The van der Waals surface area contributed by atoms with E-state index in [4.69, 9.17) is 27.9 Å². The van der Waals surface area contributed by atoms with Crippen molar-refractivity contribution in [3.8, 4) is 0 Å². The number of likely N-dealkylation sites (tertiary alicyclic amines) is 1. The molecule has 6 heteroatoms. The predicted molar refractivity (Wildman–Crippen MR) is 74.3 cm³/mol. The number of carbonyl (C=O) groups excluding carboxylic acids is 1. The Labute approximate surface area is 122 Å². The van der Waals surface area contributed by atoms with Gasteiger partial charge in [0.2, 0.25) is 0 Å². The van der Waals surface area contributed by atoms with Crippen molar-refractivity contribution in [1.82, 2.24) is 9.88 Å². The second-order valence-electron chi connectivity index (χ2n) is 4.66. The summed E-state index contributed by atoms with van der Waals surface area (Å²) in [5, 5.41) is 1.03. The third-order valence-corrected chi connectivity index (χ3v) is 3.85. The molecule has 1 aromatic heterocycles. The van der Waals surface area contributed by atoms with Crippen molar-refractivity contribution >= 4 is 29.2 Å². The summed E-state index contributed by atoms with van der Waals surface area (Å²) in [7, 11) is 1.43. The maximum Gasteiger partial charge on any atom is 0.309 e. The first kappa shape index (κ1) is 14.6. The molecule has 0 aliphatic carbocycles. The van der Waals surface area contributed by atoms with Crippen LogP contribution in [-0.2, 0) is 16.1 Å². The third-order valence-electron chi connectivity index (χ3n) is 3.30. The van der Waals surface area contributed by atoms with Gasteiger partial charge >= 0.3 is 5.97 Å². The lowest BCUT2D eigenvalue weighted by molar-refractivity contribution is -0.147. The van der Waals surface area contributed by atoms with Crippen molar-refractivity contribution < 1.29 is 9.53 Å². The largest absolute Gasteiger partial charge is 0.469 e. The summed E-state index contributed by atoms with van der Waals surface area (Å²) in [5.41, 5.74) is 0.750. The Morgan fingerprint density at radius 3 is 3.05 bits per heavy atom. The Bertz CT molecular complexity index is 468. The van der Waals surface area contributed by atoms with Crippen LogP contribution in [0.2, 0.25) is 10.2 Å². The number of methoxy groups -OCH3 is 1. The predicted octanol–water partition coefficient (Wildman–Crippen LogP) is 2.77. The number of hydrogen-bond acceptors (Lipinski definition) is 4. The average Bonchev–Trinajstić information content (AvgIpc) is 2.42. The molecule has 0 amide bonds. The van der Waals surface area contributed by atoms with E-state index in [0.717, 1.165) is 25.1 Å². The molecule has 0 unspecified atom stereocenters. The zero-order valence-electron chi connectivity index (χ0n) is 10.7. The summed E-state index contributed by atoms with van der Waals surface area (Å²) < 4.78 is 4.80. The van der Waals surface area contributed by atoms with Crippen LogP contribution in [0, 0.1) is 5.92 Å². The second kappa shape index (κ2) is 6.55. The van der Waals surface area contributed by atoms with Crippen molar-refractivity contribution in [3.63, 3.8) is 0 Å². The minimum Gasteiger partial charge on any atom is -0.469 e. The monoisotopic (exact) mass is 302 g/mol. The van der Waals surface area contributed by atoms with Crippen LogP contribution in [0.3, 0.4) is 0 Å². The highest BCUT2D eigenvalue weighted by atomic mass is 35.5. The Morgan fingerprint density at radius 2 is 2.32 bits per heavy atom. The normalized spacial score (nSPS) is 20.3. The molecule has 0 spiro atoms. The van der Waals surface area contributed by atoms with Crippen molar-refractivity contribution in [1.29, 1.82) is 0 Å². The molecular formula is C13H16Cl2N2O2. The first-order valence-electron chi connectivity index (χ1n) is 6.21. The van der Waals surface area contributed by atoms with E-state index in [-0.39, 0.29) is 11.9 Å². The van der Waals surface area contributed by atoms with Crippen LogP contribution in [0.4, 0.5) is 0 Å². The maximum atomic E-state index is 11.6. The Kier molecular flexibility index (Phi) is 5.02. The molecule has 104 valence electrons. The molecule has 19 heavy (non-hydrogen) atoms. The number of rotatable bonds is 3. The lowest BCUT2D eigenvalue weighted by Gasteiger charge is -2.31. The van der Waals surface area contributed by atoms with Gasteiger partial charge in [-0.15, -0.1) is 0 Å². The summed E-state index contributed by atoms with van der Waals surface area (Å²) in [5.74, 6) is -0.202. The molecule has 1 saturated heterocycles. The number of carbonyl (C=O) groups is 1. The van der Waals surface area contributed by atoms with Gasteiger partial charge in [-0.3, -0.25) is 9.69 Å². The number of pyridine rings is 1. The summed E-state index contributed by atoms with van der Waals surface area (Å²) in [4.78, 5) is 18.0. The minimum absolute atomic E-state index is 0.0586. The van der Waals surface area contributed by atoms with Gasteiger partial charge < -0.3 is 4.74 Å². The van der Waals surface area contributed by atoms with Crippen molar-refractivity contribution in [3.05, 3.63) is 28.0 Å². The molecule has 1 aliphatic rings. The lowest BCUT2D eigenvalue weighted by Crippen LogP contribution is -2.38. The molecule has 1 fully saturated rings. The number of halogens is 2. The van der Waals surface area contributed by atoms with E-state index in [9.17, 15) is 4.79 Å². The summed E-state index contributed by atoms with van der Waals surface area (Å²) in [6.07, 6.45) is 1.85. The SMILES string of the molecule is COC(=O)[C@H]1CCCN(Cc2nc(Cl)ccc2Cl)C1. The van der Waals surface area contributed by atoms with Gasteiger partial charge in [-0.05, 0) is 31.5 Å². The van der Waals surface area contributed by atoms with Crippen molar-refractivity contribution in [2.24, 2.45) is 5.92 Å². The zero-order valence-corrected chi connectivity index (χ0v) is 12.2. The van der Waals surface area contributed by atoms with Gasteiger partial charge in [-0.2, -0.15) is 0 Å². The molecule has 0 radical (unpaired) electrons. The van der Waals surface area contributed by atoms with Gasteiger partial charge in [0, 0.05) is 13.1 Å². The van der Waals surface area contributed by atoms with E-state index in [0.29, 0.717) is 23.3 Å². The zero-order chi connectivity index (χ0) is 13.8. The van der Waals surface area contributed by atoms with Gasteiger partial charge in [0.1, 0.15) is 5.15 Å². The van der Waals surface area contributed by atoms with E-state index in [1.54, 1.807) is 12.1 Å². The van der Waals surface area contributed by atoms with Crippen LogP contribution in [0.15, 0.2) is 12.1 Å². The number of piperidine rings is 1. The molecule has 4 nitrogen and oxygen atoms in total. The molecule has 2 rings (SSSR count). The fraction of sp³-hybridized carbons (Fsp3) is 0.538. The Morgan fingerprint density at radius 1 is 1.53 bits per heavy atom. The smallest absolute Gasteiger partial charge is 0.309 e. The standard InChI is InChI=1S/C13H16Cl2N2O2/c1-19-13(18)9-3-2-6-17(7-9)8-11-10(14)4-5-12(15)16-11/h4-5,9H,2-3,6-8H2,1H3/t9-/m0/s1. The van der Waals surface area contributed by atoms with E-state index < -0.39 is 0 Å². The molecule has 1 atom stereocenters. The number of esters is 1. The van der Waals surface area contributed by atoms with Gasteiger partial charge in [-0.25, -0.2) is 4.98 Å². The molecular weight excluding hydrogens is 287 g/mol. The fourth-order valence-corrected chi connectivity index (χ4v) is 2.67. The number of nitrogens with zero attached hydrogens (tertiary/aromatic N) is 2. The van der Waals surface area contributed by atoms with Crippen LogP contribution in [-0.4, -0.2) is 36.1 Å². The number of aromatic nitrogens is 1. The molecule has 0 bridgehead atoms. The summed E-state index contributed by atoms with van der Waals surface area (Å²) in [6.45, 7) is 2.21. The average molecular weight is 303 g/mol.